The first kappa shape index (κ1) is 11.7. The minimum absolute atomic E-state index is 0.398. The van der Waals surface area contributed by atoms with E-state index in [0.717, 1.165) is 0 Å². The third-order valence-electron chi connectivity index (χ3n) is 2.46. The van der Waals surface area contributed by atoms with Crippen molar-refractivity contribution in [3.05, 3.63) is 0 Å². The summed E-state index contributed by atoms with van der Waals surface area (Å²) in [5.74, 6) is 1.23. The Hall–Kier alpha value is 0.700. The van der Waals surface area contributed by atoms with Gasteiger partial charge in [-0.25, -0.2) is 0 Å². The molecule has 0 rings (SSSR count). The molecule has 1 unspecified atom stereocenters. The molecule has 0 aliphatic carbocycles. The van der Waals surface area contributed by atoms with E-state index in [9.17, 15) is 0 Å². The predicted molar refractivity (Wildman–Crippen MR) is 59.8 cm³/mol. The second kappa shape index (κ2) is 4.08. The zero-order chi connectivity index (χ0) is 9.12. The van der Waals surface area contributed by atoms with Gasteiger partial charge in [0.15, 0.2) is 0 Å². The third kappa shape index (κ3) is 2.90. The Labute approximate surface area is 79.9 Å². The molecular weight excluding hydrogens is 172 g/mol. The number of rotatable bonds is 3. The van der Waals surface area contributed by atoms with Crippen molar-refractivity contribution in [1.82, 2.24) is 0 Å². The van der Waals surface area contributed by atoms with Crippen molar-refractivity contribution in [3.8, 4) is 0 Å². The van der Waals surface area contributed by atoms with Crippen LogP contribution in [0.5, 0.6) is 0 Å². The second-order valence-electron chi connectivity index (χ2n) is 4.12. The molecule has 0 aromatic carbocycles. The normalized spacial score (nSPS) is 18.0. The van der Waals surface area contributed by atoms with Crippen LogP contribution in [0.2, 0.25) is 0 Å². The van der Waals surface area contributed by atoms with Crippen LogP contribution >= 0.6 is 23.5 Å². The summed E-state index contributed by atoms with van der Waals surface area (Å²) in [7, 11) is 0. The zero-order valence-electron chi connectivity index (χ0n) is 8.52. The van der Waals surface area contributed by atoms with E-state index in [4.69, 9.17) is 0 Å². The fourth-order valence-corrected chi connectivity index (χ4v) is 3.28. The molecule has 0 heterocycles. The second-order valence-corrected chi connectivity index (χ2v) is 6.29. The fraction of sp³-hybridized carbons (Fsp3) is 1.00. The van der Waals surface area contributed by atoms with Crippen LogP contribution in [0.1, 0.15) is 27.7 Å². The van der Waals surface area contributed by atoms with Crippen molar-refractivity contribution < 1.29 is 0 Å². The van der Waals surface area contributed by atoms with E-state index in [-0.39, 0.29) is 0 Å². The van der Waals surface area contributed by atoms with Crippen LogP contribution in [0.25, 0.3) is 0 Å². The van der Waals surface area contributed by atoms with E-state index in [1.54, 1.807) is 0 Å². The Morgan fingerprint density at radius 1 is 1.00 bits per heavy atom. The van der Waals surface area contributed by atoms with Gasteiger partial charge < -0.3 is 0 Å². The average molecular weight is 192 g/mol. The van der Waals surface area contributed by atoms with Gasteiger partial charge in [-0.3, -0.25) is 0 Å². The van der Waals surface area contributed by atoms with Crippen molar-refractivity contribution in [1.29, 1.82) is 0 Å². The van der Waals surface area contributed by atoms with Crippen LogP contribution in [0.15, 0.2) is 0 Å². The Morgan fingerprint density at radius 3 is 1.55 bits per heavy atom. The summed E-state index contributed by atoms with van der Waals surface area (Å²) in [5, 5.41) is 0. The maximum Gasteiger partial charge on any atom is 0.0267 e. The molecule has 0 saturated carbocycles. The van der Waals surface area contributed by atoms with Gasteiger partial charge in [-0.05, 0) is 24.9 Å². The molecule has 0 amide bonds. The molecule has 68 valence electrons. The lowest BCUT2D eigenvalue weighted by Crippen LogP contribution is -2.38. The Kier molecular flexibility index (Phi) is 4.34. The smallest absolute Gasteiger partial charge is 0.0267 e. The maximum absolute atomic E-state index is 2.36. The fourth-order valence-electron chi connectivity index (χ4n) is 0.857. The molecule has 0 bridgehead atoms. The maximum atomic E-state index is 2.36. The number of hydrogen-bond acceptors (Lipinski definition) is 2. The minimum atomic E-state index is 0.398. The summed E-state index contributed by atoms with van der Waals surface area (Å²) in [6.07, 6.45) is 4.39. The molecule has 0 fully saturated rings. The molecule has 0 aliphatic rings. The first-order valence-corrected chi connectivity index (χ1v) is 6.53. The molecule has 0 N–H and O–H groups in total. The summed E-state index contributed by atoms with van der Waals surface area (Å²) in [5.41, 5.74) is 0.398. The van der Waals surface area contributed by atoms with Crippen molar-refractivity contribution in [2.75, 3.05) is 18.3 Å². The molecule has 11 heavy (non-hydrogen) atoms. The van der Waals surface area contributed by atoms with Crippen molar-refractivity contribution >= 4 is 23.5 Å². The Morgan fingerprint density at radius 2 is 1.45 bits per heavy atom. The van der Waals surface area contributed by atoms with Gasteiger partial charge in [-0.2, -0.15) is 23.5 Å². The van der Waals surface area contributed by atoms with Gasteiger partial charge in [0.05, 0.1) is 0 Å². The van der Waals surface area contributed by atoms with Crippen LogP contribution in [0, 0.1) is 5.41 Å². The van der Waals surface area contributed by atoms with E-state index >= 15 is 0 Å². The highest BCUT2D eigenvalue weighted by molar-refractivity contribution is 8.03. The number of hydrogen-bond donors (Lipinski definition) is 0. The summed E-state index contributed by atoms with van der Waals surface area (Å²) in [6.45, 7) is 9.31. The van der Waals surface area contributed by atoms with Crippen LogP contribution in [0.4, 0.5) is 0 Å². The molecule has 0 aromatic heterocycles. The quantitative estimate of drug-likeness (QED) is 0.671. The first-order valence-electron chi connectivity index (χ1n) is 3.91. The van der Waals surface area contributed by atoms with Crippen molar-refractivity contribution in [3.63, 3.8) is 0 Å². The molecule has 0 nitrogen and oxygen atoms in total. The predicted octanol–water partition coefficient (Wildman–Crippen LogP) is 3.52. The molecule has 0 radical (unpaired) electrons. The average Bonchev–Trinajstić information content (AvgIpc) is 1.86. The highest BCUT2D eigenvalue weighted by Gasteiger charge is 2.35. The first-order chi connectivity index (χ1) is 4.87. The van der Waals surface area contributed by atoms with Crippen LogP contribution in [0.3, 0.4) is 0 Å². The zero-order valence-corrected chi connectivity index (χ0v) is 10.2. The van der Waals surface area contributed by atoms with Gasteiger partial charge in [0, 0.05) is 10.5 Å². The van der Waals surface area contributed by atoms with E-state index in [0.29, 0.717) is 10.2 Å². The van der Waals surface area contributed by atoms with Gasteiger partial charge in [-0.15, -0.1) is 0 Å². The minimum Gasteiger partial charge on any atom is -0.164 e. The highest BCUT2D eigenvalue weighted by atomic mass is 32.2. The van der Waals surface area contributed by atoms with Crippen molar-refractivity contribution in [2.24, 2.45) is 5.41 Å². The lowest BCUT2D eigenvalue weighted by atomic mass is 9.82. The van der Waals surface area contributed by atoms with Gasteiger partial charge in [0.2, 0.25) is 0 Å². The van der Waals surface area contributed by atoms with E-state index < -0.39 is 0 Å². The summed E-state index contributed by atoms with van der Waals surface area (Å²) >= 11 is 3.92. The Bertz CT molecular complexity index is 115. The standard InChI is InChI=1S/C9H20S2/c1-8(2,3)9(4,11-6)7-10-5/h7H2,1-6H3. The summed E-state index contributed by atoms with van der Waals surface area (Å²) in [4.78, 5) is 0. The number of thioether (sulfide) groups is 2. The molecule has 0 aromatic rings. The van der Waals surface area contributed by atoms with Crippen LogP contribution in [-0.4, -0.2) is 23.0 Å². The SMILES string of the molecule is CSCC(C)(SC)C(C)(C)C. The topological polar surface area (TPSA) is 0 Å². The van der Waals surface area contributed by atoms with Gasteiger partial charge in [-0.1, -0.05) is 20.8 Å². The van der Waals surface area contributed by atoms with Crippen LogP contribution < -0.4 is 0 Å². The largest absolute Gasteiger partial charge is 0.164 e. The molecule has 2 heteroatoms. The van der Waals surface area contributed by atoms with E-state index in [1.165, 1.54) is 5.75 Å². The molecular formula is C9H20S2. The monoisotopic (exact) mass is 192 g/mol. The lowest BCUT2D eigenvalue weighted by Gasteiger charge is -2.40. The molecule has 0 aliphatic heterocycles. The van der Waals surface area contributed by atoms with E-state index in [2.05, 4.69) is 40.2 Å². The Balaban J connectivity index is 4.33. The van der Waals surface area contributed by atoms with Crippen molar-refractivity contribution in [2.45, 2.75) is 32.4 Å². The van der Waals surface area contributed by atoms with Gasteiger partial charge in [0.1, 0.15) is 0 Å². The molecule has 0 saturated heterocycles. The summed E-state index contributed by atoms with van der Waals surface area (Å²) < 4.78 is 0.409. The highest BCUT2D eigenvalue weighted by Crippen LogP contribution is 2.42. The molecule has 1 atom stereocenters. The van der Waals surface area contributed by atoms with Crippen LogP contribution in [-0.2, 0) is 0 Å². The molecule has 0 spiro atoms. The van der Waals surface area contributed by atoms with Gasteiger partial charge >= 0.3 is 0 Å². The lowest BCUT2D eigenvalue weighted by molar-refractivity contribution is 0.325. The van der Waals surface area contributed by atoms with Gasteiger partial charge in [0.25, 0.3) is 0 Å². The van der Waals surface area contributed by atoms with E-state index in [1.807, 2.05) is 23.5 Å². The summed E-state index contributed by atoms with van der Waals surface area (Å²) in [6, 6.07) is 0. The third-order valence-corrected chi connectivity index (χ3v) is 5.16.